The van der Waals surface area contributed by atoms with Crippen LogP contribution in [-0.2, 0) is 16.0 Å². The average molecular weight is 313 g/mol. The Morgan fingerprint density at radius 3 is 1.30 bits per heavy atom. The van der Waals surface area contributed by atoms with Crippen LogP contribution in [0.2, 0.25) is 0 Å². The van der Waals surface area contributed by atoms with Crippen molar-refractivity contribution in [1.82, 2.24) is 0 Å². The molecule has 0 saturated carbocycles. The number of halogens is 6. The summed E-state index contributed by atoms with van der Waals surface area (Å²) in [6.45, 7) is 0. The van der Waals surface area contributed by atoms with Crippen molar-refractivity contribution in [3.63, 3.8) is 0 Å². The van der Waals surface area contributed by atoms with Crippen molar-refractivity contribution in [2.45, 2.75) is 12.4 Å². The van der Waals surface area contributed by atoms with E-state index in [1.165, 1.54) is 0 Å². The zero-order valence-corrected chi connectivity index (χ0v) is 9.62. The van der Waals surface area contributed by atoms with E-state index in [1.807, 2.05) is 0 Å². The SMILES string of the molecule is Cl[CH]([Cu])C(Cl)(Cl)C(Cl)(Cl)Cl. The zero-order chi connectivity index (χ0) is 8.58. The molecule has 0 heterocycles. The van der Waals surface area contributed by atoms with Gasteiger partial charge in [-0.25, -0.2) is 0 Å². The molecule has 0 nitrogen and oxygen atoms in total. The van der Waals surface area contributed by atoms with Gasteiger partial charge >= 0.3 is 98.0 Å². The molecule has 0 aliphatic carbocycles. The van der Waals surface area contributed by atoms with Crippen molar-refractivity contribution in [2.75, 3.05) is 0 Å². The molecule has 0 aromatic rings. The van der Waals surface area contributed by atoms with Gasteiger partial charge in [0, 0.05) is 0 Å². The standard InChI is InChI=1S/C3HCl6.Cu/c4-1-2(5,6)3(7,8)9;/h1H;. The predicted molar refractivity (Wildman–Crippen MR) is 44.4 cm³/mol. The Kier molecular flexibility index (Phi) is 4.88. The molecule has 0 saturated heterocycles. The van der Waals surface area contributed by atoms with Gasteiger partial charge in [-0.2, -0.15) is 0 Å². The topological polar surface area (TPSA) is 0 Å². The molecular weight excluding hydrogens is 312 g/mol. The molecule has 0 aromatic carbocycles. The quantitative estimate of drug-likeness (QED) is 0.512. The molecule has 0 rings (SSSR count). The Hall–Kier alpha value is 2.26. The van der Waals surface area contributed by atoms with Crippen molar-refractivity contribution in [3.8, 4) is 0 Å². The Labute approximate surface area is 97.2 Å². The van der Waals surface area contributed by atoms with E-state index >= 15 is 0 Å². The summed E-state index contributed by atoms with van der Waals surface area (Å²) in [7, 11) is 0. The van der Waals surface area contributed by atoms with Gasteiger partial charge < -0.3 is 0 Å². The van der Waals surface area contributed by atoms with Gasteiger partial charge in [0.25, 0.3) is 0 Å². The fraction of sp³-hybridized carbons (Fsp3) is 1.00. The summed E-state index contributed by atoms with van der Waals surface area (Å²) in [5.41, 5.74) is 0. The van der Waals surface area contributed by atoms with Crippen LogP contribution in [0.4, 0.5) is 0 Å². The van der Waals surface area contributed by atoms with E-state index < -0.39 is 12.4 Å². The fourth-order valence-electron chi connectivity index (χ4n) is 0.111. The van der Waals surface area contributed by atoms with Crippen molar-refractivity contribution in [2.24, 2.45) is 0 Å². The molecule has 0 spiro atoms. The average Bonchev–Trinajstić information content (AvgIpc) is 1.62. The molecule has 0 amide bonds. The summed E-state index contributed by atoms with van der Waals surface area (Å²) < 4.78 is -4.70. The van der Waals surface area contributed by atoms with Crippen molar-refractivity contribution in [3.05, 3.63) is 0 Å². The van der Waals surface area contributed by atoms with Gasteiger partial charge in [-0.3, -0.25) is 0 Å². The summed E-state index contributed by atoms with van der Waals surface area (Å²) in [5.74, 6) is 0. The van der Waals surface area contributed by atoms with Crippen LogP contribution in [0.1, 0.15) is 0 Å². The van der Waals surface area contributed by atoms with Gasteiger partial charge in [-0.05, 0) is 0 Å². The molecule has 1 atom stereocenters. The van der Waals surface area contributed by atoms with E-state index in [4.69, 9.17) is 69.6 Å². The number of alkyl halides is 6. The van der Waals surface area contributed by atoms with E-state index in [9.17, 15) is 0 Å². The Balaban J connectivity index is 4.40. The second-order valence-corrected chi connectivity index (χ2v) is 6.29. The first-order valence-electron chi connectivity index (χ1n) is 1.88. The summed E-state index contributed by atoms with van der Waals surface area (Å²) in [6.07, 6.45) is 0. The first kappa shape index (κ1) is 12.3. The molecule has 1 unspecified atom stereocenters. The van der Waals surface area contributed by atoms with Gasteiger partial charge in [0.1, 0.15) is 0 Å². The number of rotatable bonds is 1. The van der Waals surface area contributed by atoms with Crippen LogP contribution in [-0.4, -0.2) is 12.4 Å². The van der Waals surface area contributed by atoms with Crippen LogP contribution in [0.15, 0.2) is 0 Å². The third-order valence-electron chi connectivity index (χ3n) is 0.624. The molecule has 0 aromatic heterocycles. The summed E-state index contributed by atoms with van der Waals surface area (Å²) in [5, 5.41) is 0. The Morgan fingerprint density at radius 2 is 1.30 bits per heavy atom. The summed E-state index contributed by atoms with van der Waals surface area (Å²) >= 11 is 37.0. The molecule has 0 bridgehead atoms. The molecule has 0 aliphatic heterocycles. The predicted octanol–water partition coefficient (Wildman–Crippen LogP) is 3.64. The van der Waals surface area contributed by atoms with Crippen LogP contribution in [0, 0.1) is 0 Å². The van der Waals surface area contributed by atoms with E-state index in [2.05, 4.69) is 16.0 Å². The second-order valence-electron chi connectivity index (χ2n) is 1.38. The molecule has 66 valence electrons. The minimum absolute atomic E-state index is 1.07. The molecule has 0 N–H and O–H groups in total. The van der Waals surface area contributed by atoms with Crippen LogP contribution in [0.25, 0.3) is 0 Å². The number of hydrogen-bond acceptors (Lipinski definition) is 0. The van der Waals surface area contributed by atoms with E-state index in [-0.39, 0.29) is 0 Å². The normalized spacial score (nSPS) is 17.2. The second kappa shape index (κ2) is 3.98. The van der Waals surface area contributed by atoms with Crippen LogP contribution < -0.4 is 0 Å². The minimum atomic E-state index is -1.88. The molecule has 0 aliphatic rings. The first-order chi connectivity index (χ1) is 4.19. The van der Waals surface area contributed by atoms with Gasteiger partial charge in [-0.1, -0.05) is 0 Å². The first-order valence-corrected chi connectivity index (χ1v) is 4.75. The molecular formula is C3HCl6Cu. The molecule has 0 fully saturated rings. The van der Waals surface area contributed by atoms with E-state index in [0.29, 0.717) is 0 Å². The third kappa shape index (κ3) is 2.95. The van der Waals surface area contributed by atoms with Gasteiger partial charge in [-0.15, -0.1) is 0 Å². The zero-order valence-electron chi connectivity index (χ0n) is 4.15. The molecule has 7 heteroatoms. The fourth-order valence-corrected chi connectivity index (χ4v) is 1.17. The Bertz CT molecular complexity index is 115. The van der Waals surface area contributed by atoms with Crippen molar-refractivity contribution in [1.29, 1.82) is 0 Å². The van der Waals surface area contributed by atoms with Gasteiger partial charge in [0.05, 0.1) is 0 Å². The van der Waals surface area contributed by atoms with Gasteiger partial charge in [0.15, 0.2) is 0 Å². The summed E-state index contributed by atoms with van der Waals surface area (Å²) in [4.78, 5) is 0. The van der Waals surface area contributed by atoms with E-state index in [1.54, 1.807) is 0 Å². The van der Waals surface area contributed by atoms with Crippen LogP contribution in [0.5, 0.6) is 0 Å². The molecule has 10 heavy (non-hydrogen) atoms. The van der Waals surface area contributed by atoms with Crippen molar-refractivity contribution < 1.29 is 16.0 Å². The number of hydrogen-bond donors (Lipinski definition) is 0. The molecule has 0 radical (unpaired) electrons. The van der Waals surface area contributed by atoms with Crippen molar-refractivity contribution >= 4 is 69.6 Å². The van der Waals surface area contributed by atoms with E-state index in [0.717, 1.165) is 0 Å². The maximum atomic E-state index is 5.48. The van der Waals surface area contributed by atoms with Crippen LogP contribution >= 0.6 is 69.6 Å². The maximum absolute atomic E-state index is 5.48. The Morgan fingerprint density at radius 1 is 1.00 bits per heavy atom. The summed E-state index contributed by atoms with van der Waals surface area (Å²) in [6, 6.07) is 0. The van der Waals surface area contributed by atoms with Crippen LogP contribution in [0.3, 0.4) is 0 Å². The van der Waals surface area contributed by atoms with Gasteiger partial charge in [0.2, 0.25) is 0 Å². The monoisotopic (exact) mass is 310 g/mol. The third-order valence-corrected chi connectivity index (χ3v) is 4.32.